The Hall–Kier alpha value is -1.20. The van der Waals surface area contributed by atoms with E-state index in [1.807, 2.05) is 6.92 Å². The summed E-state index contributed by atoms with van der Waals surface area (Å²) >= 11 is 0. The van der Waals surface area contributed by atoms with Crippen molar-refractivity contribution in [2.45, 2.75) is 51.6 Å². The van der Waals surface area contributed by atoms with Crippen molar-refractivity contribution in [1.82, 2.24) is 9.97 Å². The number of hydrogen-bond acceptors (Lipinski definition) is 5. The number of hydrogen-bond donors (Lipinski definition) is 2. The summed E-state index contributed by atoms with van der Waals surface area (Å²) in [5.41, 5.74) is 4.55. The van der Waals surface area contributed by atoms with Crippen LogP contribution in [0.1, 0.15) is 50.2 Å². The number of nitrogen functional groups attached to an aromatic ring is 1. The molecule has 3 N–H and O–H groups in total. The van der Waals surface area contributed by atoms with Gasteiger partial charge in [0.25, 0.3) is 0 Å². The number of aromatic nitrogens is 2. The molecule has 1 aromatic heterocycles. The minimum Gasteiger partial charge on any atom is -0.371 e. The third-order valence-corrected chi connectivity index (χ3v) is 3.92. The summed E-state index contributed by atoms with van der Waals surface area (Å²) in [7, 11) is 1.70. The first-order chi connectivity index (χ1) is 8.64. The van der Waals surface area contributed by atoms with Crippen molar-refractivity contribution in [3.05, 3.63) is 17.1 Å². The first-order valence-electron chi connectivity index (χ1n) is 6.56. The number of rotatable bonds is 4. The van der Waals surface area contributed by atoms with Gasteiger partial charge in [0.2, 0.25) is 0 Å². The number of nitrogens with two attached hydrogens (primary N) is 1. The van der Waals surface area contributed by atoms with Crippen LogP contribution in [0, 0.1) is 0 Å². The molecular formula is C13H22N4O. The van der Waals surface area contributed by atoms with Crippen molar-refractivity contribution in [2.24, 2.45) is 5.84 Å². The third-order valence-electron chi connectivity index (χ3n) is 3.92. The lowest BCUT2D eigenvalue weighted by atomic mass is 9.95. The molecule has 18 heavy (non-hydrogen) atoms. The lowest BCUT2D eigenvalue weighted by molar-refractivity contribution is -0.00910. The largest absolute Gasteiger partial charge is 0.371 e. The normalized spacial score (nSPS) is 18.0. The van der Waals surface area contributed by atoms with Crippen molar-refractivity contribution in [2.75, 3.05) is 12.5 Å². The molecule has 100 valence electrons. The van der Waals surface area contributed by atoms with Gasteiger partial charge in [0.1, 0.15) is 11.4 Å². The van der Waals surface area contributed by atoms with E-state index < -0.39 is 5.60 Å². The molecule has 5 heteroatoms. The van der Waals surface area contributed by atoms with Gasteiger partial charge >= 0.3 is 0 Å². The molecule has 1 aliphatic carbocycles. The standard InChI is InChI=1S/C13H22N4O/c1-4-13(2,18-3)12-15-10-8-6-5-7-9(10)11(16-12)17-14/h4-8,14H2,1-3H3,(H,15,16,17). The fourth-order valence-corrected chi connectivity index (χ4v) is 2.34. The summed E-state index contributed by atoms with van der Waals surface area (Å²) in [6, 6.07) is 0. The Morgan fingerprint density at radius 3 is 2.67 bits per heavy atom. The van der Waals surface area contributed by atoms with E-state index in [1.54, 1.807) is 7.11 Å². The van der Waals surface area contributed by atoms with Gasteiger partial charge < -0.3 is 10.2 Å². The van der Waals surface area contributed by atoms with Crippen molar-refractivity contribution < 1.29 is 4.74 Å². The average Bonchev–Trinajstić information content (AvgIpc) is 2.45. The molecule has 0 radical (unpaired) electrons. The molecule has 0 fully saturated rings. The second-order valence-electron chi connectivity index (χ2n) is 4.96. The van der Waals surface area contributed by atoms with Gasteiger partial charge in [-0.2, -0.15) is 0 Å². The monoisotopic (exact) mass is 250 g/mol. The molecule has 5 nitrogen and oxygen atoms in total. The molecule has 2 rings (SSSR count). The Bertz CT molecular complexity index is 412. The van der Waals surface area contributed by atoms with E-state index in [1.165, 1.54) is 18.4 Å². The second kappa shape index (κ2) is 5.20. The maximum Gasteiger partial charge on any atom is 0.162 e. The van der Waals surface area contributed by atoms with Crippen LogP contribution in [0.15, 0.2) is 0 Å². The number of fused-ring (bicyclic) bond motifs is 1. The third kappa shape index (κ3) is 2.20. The van der Waals surface area contributed by atoms with Crippen LogP contribution in [0.25, 0.3) is 0 Å². The number of ether oxygens (including phenoxy) is 1. The summed E-state index contributed by atoms with van der Waals surface area (Å²) < 4.78 is 5.57. The fraction of sp³-hybridized carbons (Fsp3) is 0.692. The number of nitrogens with one attached hydrogen (secondary N) is 1. The van der Waals surface area contributed by atoms with Crippen molar-refractivity contribution >= 4 is 5.82 Å². The molecular weight excluding hydrogens is 228 g/mol. The van der Waals surface area contributed by atoms with Crippen LogP contribution in [-0.2, 0) is 23.2 Å². The average molecular weight is 250 g/mol. The number of methoxy groups -OCH3 is 1. The molecule has 0 aliphatic heterocycles. The van der Waals surface area contributed by atoms with E-state index >= 15 is 0 Å². The molecule has 0 amide bonds. The van der Waals surface area contributed by atoms with E-state index in [9.17, 15) is 0 Å². The predicted octanol–water partition coefficient (Wildman–Crippen LogP) is 1.91. The van der Waals surface area contributed by atoms with E-state index in [2.05, 4.69) is 17.3 Å². The molecule has 0 aromatic carbocycles. The topological polar surface area (TPSA) is 73.1 Å². The summed E-state index contributed by atoms with van der Waals surface area (Å²) in [6.45, 7) is 4.08. The van der Waals surface area contributed by atoms with Gasteiger partial charge in [-0.1, -0.05) is 6.92 Å². The van der Waals surface area contributed by atoms with Crippen LogP contribution in [0.2, 0.25) is 0 Å². The van der Waals surface area contributed by atoms with Crippen LogP contribution < -0.4 is 11.3 Å². The Labute approximate surface area is 108 Å². The van der Waals surface area contributed by atoms with E-state index in [-0.39, 0.29) is 0 Å². The van der Waals surface area contributed by atoms with Crippen LogP contribution >= 0.6 is 0 Å². The molecule has 1 unspecified atom stereocenters. The van der Waals surface area contributed by atoms with E-state index in [0.29, 0.717) is 0 Å². The zero-order valence-electron chi connectivity index (χ0n) is 11.4. The first kappa shape index (κ1) is 13.2. The zero-order valence-corrected chi connectivity index (χ0v) is 11.4. The lowest BCUT2D eigenvalue weighted by Gasteiger charge is -2.27. The highest BCUT2D eigenvalue weighted by atomic mass is 16.5. The van der Waals surface area contributed by atoms with Crippen LogP contribution in [0.4, 0.5) is 5.82 Å². The molecule has 1 aliphatic rings. The van der Waals surface area contributed by atoms with Gasteiger partial charge in [-0.3, -0.25) is 0 Å². The number of aryl methyl sites for hydroxylation is 1. The Balaban J connectivity index is 2.50. The second-order valence-corrected chi connectivity index (χ2v) is 4.96. The number of anilines is 1. The summed E-state index contributed by atoms with van der Waals surface area (Å²) in [5, 5.41) is 0. The SMILES string of the molecule is CCC(C)(OC)c1nc2c(c(NN)n1)CCCC2. The maximum absolute atomic E-state index is 5.59. The summed E-state index contributed by atoms with van der Waals surface area (Å²) in [4.78, 5) is 9.25. The predicted molar refractivity (Wildman–Crippen MR) is 71.1 cm³/mol. The minimum atomic E-state index is -0.446. The Kier molecular flexibility index (Phi) is 3.82. The molecule has 0 saturated heterocycles. The molecule has 0 bridgehead atoms. The maximum atomic E-state index is 5.59. The first-order valence-corrected chi connectivity index (χ1v) is 6.56. The van der Waals surface area contributed by atoms with Crippen molar-refractivity contribution in [3.63, 3.8) is 0 Å². The fourth-order valence-electron chi connectivity index (χ4n) is 2.34. The Morgan fingerprint density at radius 2 is 2.06 bits per heavy atom. The smallest absolute Gasteiger partial charge is 0.162 e. The van der Waals surface area contributed by atoms with Gasteiger partial charge in [-0.25, -0.2) is 15.8 Å². The Morgan fingerprint density at radius 1 is 1.33 bits per heavy atom. The van der Waals surface area contributed by atoms with Gasteiger partial charge in [0.15, 0.2) is 5.82 Å². The molecule has 0 saturated carbocycles. The molecule has 1 aromatic rings. The minimum absolute atomic E-state index is 0.446. The van der Waals surface area contributed by atoms with Gasteiger partial charge in [-0.15, -0.1) is 0 Å². The molecule has 1 atom stereocenters. The molecule has 0 spiro atoms. The summed E-state index contributed by atoms with van der Waals surface area (Å²) in [6.07, 6.45) is 5.20. The van der Waals surface area contributed by atoms with Gasteiger partial charge in [0, 0.05) is 18.4 Å². The highest BCUT2D eigenvalue weighted by molar-refractivity contribution is 5.47. The van der Waals surface area contributed by atoms with Crippen molar-refractivity contribution in [3.8, 4) is 0 Å². The van der Waals surface area contributed by atoms with Crippen LogP contribution in [0.3, 0.4) is 0 Å². The van der Waals surface area contributed by atoms with Gasteiger partial charge in [-0.05, 0) is 39.0 Å². The summed E-state index contributed by atoms with van der Waals surface area (Å²) in [5.74, 6) is 7.07. The van der Waals surface area contributed by atoms with Gasteiger partial charge in [0.05, 0.1) is 0 Å². The highest BCUT2D eigenvalue weighted by Gasteiger charge is 2.30. The zero-order chi connectivity index (χ0) is 13.2. The molecule has 1 heterocycles. The quantitative estimate of drug-likeness (QED) is 0.631. The number of hydrazine groups is 1. The highest BCUT2D eigenvalue weighted by Crippen LogP contribution is 2.31. The van der Waals surface area contributed by atoms with Crippen molar-refractivity contribution in [1.29, 1.82) is 0 Å². The lowest BCUT2D eigenvalue weighted by Crippen LogP contribution is -2.29. The van der Waals surface area contributed by atoms with Crippen LogP contribution in [-0.4, -0.2) is 17.1 Å². The number of nitrogens with zero attached hydrogens (tertiary/aromatic N) is 2. The van der Waals surface area contributed by atoms with Crippen LogP contribution in [0.5, 0.6) is 0 Å². The van der Waals surface area contributed by atoms with E-state index in [0.717, 1.165) is 36.6 Å². The van der Waals surface area contributed by atoms with E-state index in [4.69, 9.17) is 15.6 Å².